The normalized spacial score (nSPS) is 22.7. The maximum absolute atomic E-state index is 17.0. The minimum Gasteiger partial charge on any atom is -0.508 e. The number of hydrogen-bond acceptors (Lipinski definition) is 9. The number of aromatic hydroxyl groups is 1. The molecule has 3 atom stereocenters. The number of benzene rings is 2. The molecule has 1 amide bonds. The van der Waals surface area contributed by atoms with Crippen molar-refractivity contribution in [1.82, 2.24) is 24.8 Å². The number of anilines is 1. The molecule has 4 aromatic rings. The van der Waals surface area contributed by atoms with E-state index in [1.807, 2.05) is 4.90 Å². The zero-order valence-electron chi connectivity index (χ0n) is 26.7. The molecule has 0 unspecified atom stereocenters. The molecule has 4 aliphatic heterocycles. The number of pyridine rings is 1. The Morgan fingerprint density at radius 1 is 1.20 bits per heavy atom. The predicted molar refractivity (Wildman–Crippen MR) is 179 cm³/mol. The van der Waals surface area contributed by atoms with Crippen molar-refractivity contribution in [3.8, 4) is 41.4 Å². The number of rotatable bonds is 6. The number of carbonyl (C=O) groups excluding carboxylic acids is 1. The van der Waals surface area contributed by atoms with Crippen LogP contribution in [0.4, 0.5) is 14.6 Å². The largest absolute Gasteiger partial charge is 0.508 e. The fourth-order valence-corrected chi connectivity index (χ4v) is 8.65. The second-order valence-electron chi connectivity index (χ2n) is 13.4. The third-order valence-electron chi connectivity index (χ3n) is 10.8. The average Bonchev–Trinajstić information content (AvgIpc) is 3.75. The van der Waals surface area contributed by atoms with Gasteiger partial charge in [0.15, 0.2) is 5.82 Å². The first-order valence-corrected chi connectivity index (χ1v) is 16.5. The number of nitriles is 1. The highest BCUT2D eigenvalue weighted by atomic mass is 19.1. The van der Waals surface area contributed by atoms with E-state index in [0.717, 1.165) is 38.8 Å². The number of phenolic OH excluding ortho intramolecular Hbond substituents is 1. The first kappa shape index (κ1) is 31.0. The molecule has 2 bridgehead atoms. The third-order valence-corrected chi connectivity index (χ3v) is 10.8. The smallest absolute Gasteiger partial charge is 0.319 e. The summed E-state index contributed by atoms with van der Waals surface area (Å²) in [4.78, 5) is 32.8. The first-order valence-electron chi connectivity index (χ1n) is 16.5. The van der Waals surface area contributed by atoms with Crippen LogP contribution in [0.1, 0.15) is 37.7 Å². The quantitative estimate of drug-likeness (QED) is 0.227. The molecule has 0 spiro atoms. The number of halogens is 2. The van der Waals surface area contributed by atoms with Gasteiger partial charge in [0.25, 0.3) is 0 Å². The second kappa shape index (κ2) is 11.7. The molecule has 248 valence electrons. The van der Waals surface area contributed by atoms with E-state index in [9.17, 15) is 19.6 Å². The highest BCUT2D eigenvalue weighted by molar-refractivity contribution is 6.03. The highest BCUT2D eigenvalue weighted by Crippen LogP contribution is 2.42. The van der Waals surface area contributed by atoms with Crippen molar-refractivity contribution in [2.24, 2.45) is 5.92 Å². The molecule has 0 saturated carbocycles. The Balaban J connectivity index is 1.27. The minimum absolute atomic E-state index is 0.00317. The van der Waals surface area contributed by atoms with Gasteiger partial charge in [-0.2, -0.15) is 15.2 Å². The van der Waals surface area contributed by atoms with Crippen molar-refractivity contribution in [2.75, 3.05) is 37.7 Å². The molecule has 4 aliphatic rings. The van der Waals surface area contributed by atoms with Crippen molar-refractivity contribution in [3.63, 3.8) is 0 Å². The summed E-state index contributed by atoms with van der Waals surface area (Å²) in [6, 6.07) is 7.07. The van der Waals surface area contributed by atoms with E-state index in [-0.39, 0.29) is 69.4 Å². The monoisotopic (exact) mass is 661 g/mol. The molecule has 49 heavy (non-hydrogen) atoms. The lowest BCUT2D eigenvalue weighted by Gasteiger charge is -2.41. The zero-order chi connectivity index (χ0) is 34.0. The fraction of sp³-hybridized carbons (Fsp3) is 0.378. The van der Waals surface area contributed by atoms with Crippen molar-refractivity contribution < 1.29 is 23.4 Å². The van der Waals surface area contributed by atoms with Gasteiger partial charge in [0.2, 0.25) is 5.91 Å². The molecule has 0 radical (unpaired) electrons. The third kappa shape index (κ3) is 4.85. The number of hydrogen-bond donors (Lipinski definition) is 1. The Labute approximate surface area is 281 Å². The van der Waals surface area contributed by atoms with Gasteiger partial charge in [-0.25, -0.2) is 8.78 Å². The van der Waals surface area contributed by atoms with E-state index >= 15 is 4.39 Å². The Bertz CT molecular complexity index is 2130. The Morgan fingerprint density at radius 3 is 2.73 bits per heavy atom. The number of ether oxygens (including phenoxy) is 1. The maximum atomic E-state index is 17.0. The lowest BCUT2D eigenvalue weighted by molar-refractivity contribution is -0.129. The zero-order valence-corrected chi connectivity index (χ0v) is 26.7. The van der Waals surface area contributed by atoms with E-state index < -0.39 is 17.7 Å². The number of nitrogens with zero attached hydrogens (tertiary/aromatic N) is 7. The van der Waals surface area contributed by atoms with E-state index in [1.54, 1.807) is 4.90 Å². The standard InChI is InChI=1S/C37H33F2N7O3/c1-3-25-28(38)8-7-21-14-24(47)15-26(31(21)25)33-32(39)34-27(17-41-33)35(43-36(42-34)49-20-37-9-5-11-45(37)12-6-10-37)44-18-23-13-22(16-40)29(19-44)46(23)30(48)4-2/h1,4,7-8,14-15,17,22-23,29,47H,2,5-6,9-13,18-20H2/t22-,23-,29-/m1/s1. The van der Waals surface area contributed by atoms with Crippen molar-refractivity contribution in [1.29, 1.82) is 5.26 Å². The highest BCUT2D eigenvalue weighted by Gasteiger charge is 2.49. The van der Waals surface area contributed by atoms with E-state index in [2.05, 4.69) is 33.4 Å². The number of piperazine rings is 1. The average molecular weight is 662 g/mol. The van der Waals surface area contributed by atoms with Gasteiger partial charge in [0, 0.05) is 30.2 Å². The van der Waals surface area contributed by atoms with E-state index in [0.29, 0.717) is 36.2 Å². The molecule has 4 fully saturated rings. The molecule has 10 nitrogen and oxygen atoms in total. The van der Waals surface area contributed by atoms with Gasteiger partial charge in [-0.3, -0.25) is 14.7 Å². The van der Waals surface area contributed by atoms with Crippen LogP contribution in [-0.2, 0) is 4.79 Å². The first-order chi connectivity index (χ1) is 23.7. The van der Waals surface area contributed by atoms with Crippen LogP contribution in [0.15, 0.2) is 43.1 Å². The minimum atomic E-state index is -0.815. The summed E-state index contributed by atoms with van der Waals surface area (Å²) in [6.07, 6.45) is 13.0. The summed E-state index contributed by atoms with van der Waals surface area (Å²) in [5.74, 6) is 0.477. The molecule has 12 heteroatoms. The number of phenols is 1. The van der Waals surface area contributed by atoms with Crippen molar-refractivity contribution in [2.45, 2.75) is 49.7 Å². The Hall–Kier alpha value is -5.33. The van der Waals surface area contributed by atoms with Gasteiger partial charge in [-0.05, 0) is 74.9 Å². The molecule has 2 aromatic carbocycles. The van der Waals surface area contributed by atoms with E-state index in [1.165, 1.54) is 36.5 Å². The van der Waals surface area contributed by atoms with Gasteiger partial charge < -0.3 is 19.6 Å². The van der Waals surface area contributed by atoms with E-state index in [4.69, 9.17) is 16.1 Å². The van der Waals surface area contributed by atoms with Crippen LogP contribution >= 0.6 is 0 Å². The lowest BCUT2D eigenvalue weighted by atomic mass is 9.95. The molecule has 0 aliphatic carbocycles. The van der Waals surface area contributed by atoms with Gasteiger partial charge >= 0.3 is 6.01 Å². The molecule has 8 rings (SSSR count). The molecular formula is C37H33F2N7O3. The summed E-state index contributed by atoms with van der Waals surface area (Å²) in [5, 5.41) is 21.5. The Kier molecular flexibility index (Phi) is 7.38. The molecule has 4 saturated heterocycles. The van der Waals surface area contributed by atoms with Gasteiger partial charge in [0.05, 0.1) is 40.6 Å². The Morgan fingerprint density at radius 2 is 2.00 bits per heavy atom. The number of aromatic nitrogens is 3. The maximum Gasteiger partial charge on any atom is 0.319 e. The van der Waals surface area contributed by atoms with Crippen LogP contribution in [-0.4, -0.2) is 86.2 Å². The van der Waals surface area contributed by atoms with Crippen LogP contribution in [0.5, 0.6) is 11.8 Å². The predicted octanol–water partition coefficient (Wildman–Crippen LogP) is 4.93. The van der Waals surface area contributed by atoms with Crippen LogP contribution in [0, 0.1) is 41.2 Å². The fourth-order valence-electron chi connectivity index (χ4n) is 8.65. The summed E-state index contributed by atoms with van der Waals surface area (Å²) >= 11 is 0. The van der Waals surface area contributed by atoms with Gasteiger partial charge in [-0.1, -0.05) is 18.6 Å². The molecule has 6 heterocycles. The van der Waals surface area contributed by atoms with Crippen LogP contribution < -0.4 is 9.64 Å². The van der Waals surface area contributed by atoms with Crippen LogP contribution in [0.25, 0.3) is 32.9 Å². The van der Waals surface area contributed by atoms with Gasteiger partial charge in [0.1, 0.15) is 35.2 Å². The van der Waals surface area contributed by atoms with Gasteiger partial charge in [-0.15, -0.1) is 6.42 Å². The van der Waals surface area contributed by atoms with Crippen LogP contribution in [0.2, 0.25) is 0 Å². The number of terminal acetylenes is 1. The molecule has 1 N–H and O–H groups in total. The summed E-state index contributed by atoms with van der Waals surface area (Å²) in [7, 11) is 0. The number of carbonyl (C=O) groups is 1. The SMILES string of the molecule is C#Cc1c(F)ccc2cc(O)cc(-c3ncc4c(N5C[C@H]6C[C@H](C#N)[C@@H](C5)N6C(=O)C=C)nc(OCC56CCCN5CCC6)nc4c3F)c12. The number of amides is 1. The topological polar surface area (TPSA) is 119 Å². The summed E-state index contributed by atoms with van der Waals surface area (Å²) < 4.78 is 38.2. The number of fused-ring (bicyclic) bond motifs is 5. The van der Waals surface area contributed by atoms with Crippen LogP contribution in [0.3, 0.4) is 0 Å². The lowest BCUT2D eigenvalue weighted by Crippen LogP contribution is -2.56. The molecular weight excluding hydrogens is 628 g/mol. The second-order valence-corrected chi connectivity index (χ2v) is 13.4. The van der Waals surface area contributed by atoms with Crippen molar-refractivity contribution in [3.05, 3.63) is 60.3 Å². The summed E-state index contributed by atoms with van der Waals surface area (Å²) in [5.41, 5.74) is -0.323. The molecule has 2 aromatic heterocycles. The van der Waals surface area contributed by atoms with Crippen molar-refractivity contribution >= 4 is 33.4 Å². The summed E-state index contributed by atoms with van der Waals surface area (Å²) in [6.45, 7) is 6.64.